The molecule has 3 aliphatic rings. The van der Waals surface area contributed by atoms with Crippen molar-refractivity contribution in [3.63, 3.8) is 0 Å². The fourth-order valence-corrected chi connectivity index (χ4v) is 7.84. The molecule has 5 N–H and O–H groups in total. The van der Waals surface area contributed by atoms with Crippen molar-refractivity contribution in [3.05, 3.63) is 24.3 Å². The number of ether oxygens (including phenoxy) is 1. The molecule has 0 saturated carbocycles. The number of nitrogens with zero attached hydrogens (tertiary/aromatic N) is 2. The fourth-order valence-electron chi connectivity index (χ4n) is 6.07. The average Bonchev–Trinajstić information content (AvgIpc) is 3.32. The van der Waals surface area contributed by atoms with E-state index in [1.807, 2.05) is 14.0 Å². The quantitative estimate of drug-likeness (QED) is 0.259. The number of rotatable bonds is 10. The number of aliphatic hydroxyl groups excluding tert-OH is 3. The lowest BCUT2D eigenvalue weighted by Gasteiger charge is -2.44. The molecule has 9 atom stereocenters. The lowest BCUT2D eigenvalue weighted by Crippen LogP contribution is -2.65. The number of likely N-dealkylation sites (N-methyl/N-ethyl adjacent to an activating group) is 1. The van der Waals surface area contributed by atoms with Crippen LogP contribution in [0.4, 0.5) is 5.69 Å². The van der Waals surface area contributed by atoms with Crippen molar-refractivity contribution in [3.8, 4) is 0 Å². The number of carbonyl (C=O) groups excluding carboxylic acids is 1. The van der Waals surface area contributed by atoms with Gasteiger partial charge in [-0.1, -0.05) is 20.3 Å². The molecule has 4 rings (SSSR count). The summed E-state index contributed by atoms with van der Waals surface area (Å²) in [5.41, 5.74) is 0.488. The van der Waals surface area contributed by atoms with Crippen molar-refractivity contribution >= 4 is 35.1 Å². The van der Waals surface area contributed by atoms with Crippen molar-refractivity contribution in [2.45, 2.75) is 85.2 Å². The summed E-state index contributed by atoms with van der Waals surface area (Å²) in [7, 11) is 1.99. The minimum atomic E-state index is -1.36. The molecule has 1 amide bonds. The third-order valence-electron chi connectivity index (χ3n) is 8.28. The molecular weight excluding hydrogens is 536 g/mol. The highest BCUT2D eigenvalue weighted by molar-refractivity contribution is 8.00. The average molecular weight is 583 g/mol. The predicted octanol–water partition coefficient (Wildman–Crippen LogP) is 1.35. The maximum atomic E-state index is 13.6. The lowest BCUT2D eigenvalue weighted by atomic mass is 9.92. The Balaban J connectivity index is 1.51. The predicted molar refractivity (Wildman–Crippen MR) is 158 cm³/mol. The highest BCUT2D eigenvalue weighted by atomic mass is 32.2. The number of carbonyl (C=O) groups is 1. The minimum Gasteiger partial charge on any atom is -0.388 e. The molecule has 1 aromatic rings. The standard InChI is InChI=1S/C28H46N4O5S2/c1-5-6-18-15-21(31(3)16-18)27(36)30-22(26-24(34)23(33)25(35)28(37-26)38-4)17(2)39-20-9-7-19(8-10-20)32-13-11-29-12-14-32/h7-10,17-18,21-26,28-29,33-35H,5-6,11-16H2,1-4H3,(H,30,36)/t17-,18-,21+,22?,23+,24-,25-,26-,28-/m1/s1. The molecule has 3 fully saturated rings. The van der Waals surface area contributed by atoms with Gasteiger partial charge in [0.1, 0.15) is 29.9 Å². The van der Waals surface area contributed by atoms with Crippen LogP contribution >= 0.6 is 23.5 Å². The maximum absolute atomic E-state index is 13.6. The molecule has 220 valence electrons. The number of anilines is 1. The second-order valence-corrected chi connectivity index (χ2v) is 13.5. The zero-order valence-corrected chi connectivity index (χ0v) is 25.2. The van der Waals surface area contributed by atoms with Crippen LogP contribution in [0, 0.1) is 5.92 Å². The highest BCUT2D eigenvalue weighted by Crippen LogP contribution is 2.35. The number of amides is 1. The van der Waals surface area contributed by atoms with Gasteiger partial charge in [-0.3, -0.25) is 9.69 Å². The van der Waals surface area contributed by atoms with E-state index in [4.69, 9.17) is 4.74 Å². The summed E-state index contributed by atoms with van der Waals surface area (Å²) < 4.78 is 6.15. The van der Waals surface area contributed by atoms with E-state index in [-0.39, 0.29) is 17.2 Å². The van der Waals surface area contributed by atoms with Crippen LogP contribution in [-0.2, 0) is 9.53 Å². The van der Waals surface area contributed by atoms with Crippen LogP contribution in [0.15, 0.2) is 29.2 Å². The summed E-state index contributed by atoms with van der Waals surface area (Å²) in [5.74, 6) is 0.407. The Morgan fingerprint density at radius 2 is 1.85 bits per heavy atom. The van der Waals surface area contributed by atoms with Gasteiger partial charge in [0.25, 0.3) is 0 Å². The molecule has 0 aromatic heterocycles. The van der Waals surface area contributed by atoms with Gasteiger partial charge in [-0.25, -0.2) is 0 Å². The Morgan fingerprint density at radius 3 is 2.49 bits per heavy atom. The van der Waals surface area contributed by atoms with Gasteiger partial charge in [0.2, 0.25) is 5.91 Å². The molecule has 0 aliphatic carbocycles. The monoisotopic (exact) mass is 582 g/mol. The number of hydrogen-bond acceptors (Lipinski definition) is 10. The van der Waals surface area contributed by atoms with Crippen molar-refractivity contribution < 1.29 is 24.9 Å². The van der Waals surface area contributed by atoms with Crippen LogP contribution in [0.5, 0.6) is 0 Å². The first-order valence-electron chi connectivity index (χ1n) is 14.2. The van der Waals surface area contributed by atoms with Crippen LogP contribution in [-0.4, -0.2) is 119 Å². The molecule has 0 spiro atoms. The van der Waals surface area contributed by atoms with E-state index in [0.717, 1.165) is 56.9 Å². The van der Waals surface area contributed by atoms with Crippen molar-refractivity contribution in [1.82, 2.24) is 15.5 Å². The molecule has 0 radical (unpaired) electrons. The molecule has 11 heteroatoms. The summed E-state index contributed by atoms with van der Waals surface area (Å²) in [4.78, 5) is 19.1. The van der Waals surface area contributed by atoms with Crippen molar-refractivity contribution in [2.75, 3.05) is 50.9 Å². The molecular formula is C28H46N4O5S2. The van der Waals surface area contributed by atoms with Crippen LogP contribution in [0.25, 0.3) is 0 Å². The SMILES string of the molecule is CCC[C@@H]1C[C@@H](C(=O)NC([C@H]2O[C@H](SC)[C@H](O)[C@@H](O)[C@H]2O)[C@@H](C)Sc2ccc(N3CCNCC3)cc2)N(C)C1. The normalized spacial score (nSPS) is 33.6. The molecule has 3 aliphatic heterocycles. The van der Waals surface area contributed by atoms with E-state index in [0.29, 0.717) is 5.92 Å². The topological polar surface area (TPSA) is 118 Å². The zero-order chi connectivity index (χ0) is 28.1. The first kappa shape index (κ1) is 30.9. The number of aliphatic hydroxyl groups is 3. The van der Waals surface area contributed by atoms with Gasteiger partial charge >= 0.3 is 0 Å². The third-order valence-corrected chi connectivity index (χ3v) is 10.3. The van der Waals surface area contributed by atoms with Crippen LogP contribution in [0.2, 0.25) is 0 Å². The van der Waals surface area contributed by atoms with Gasteiger partial charge in [0.15, 0.2) is 0 Å². The minimum absolute atomic E-state index is 0.0836. The van der Waals surface area contributed by atoms with Gasteiger partial charge in [-0.05, 0) is 56.3 Å². The van der Waals surface area contributed by atoms with Gasteiger partial charge in [0, 0.05) is 48.6 Å². The summed E-state index contributed by atoms with van der Waals surface area (Å²) in [6.45, 7) is 8.99. The second kappa shape index (κ2) is 14.2. The Morgan fingerprint density at radius 1 is 1.15 bits per heavy atom. The number of thioether (sulfide) groups is 2. The smallest absolute Gasteiger partial charge is 0.237 e. The molecule has 39 heavy (non-hydrogen) atoms. The lowest BCUT2D eigenvalue weighted by molar-refractivity contribution is -0.205. The molecule has 1 unspecified atom stereocenters. The zero-order valence-electron chi connectivity index (χ0n) is 23.5. The fraction of sp³-hybridized carbons (Fsp3) is 0.750. The van der Waals surface area contributed by atoms with Crippen molar-refractivity contribution in [2.24, 2.45) is 5.92 Å². The second-order valence-electron chi connectivity index (χ2n) is 11.1. The number of benzene rings is 1. The summed E-state index contributed by atoms with van der Waals surface area (Å²) in [6, 6.07) is 7.63. The number of likely N-dealkylation sites (tertiary alicyclic amines) is 1. The van der Waals surface area contributed by atoms with Crippen LogP contribution in [0.1, 0.15) is 33.1 Å². The Labute approximate surface area is 241 Å². The summed E-state index contributed by atoms with van der Waals surface area (Å²) in [6.07, 6.45) is 0.0141. The van der Waals surface area contributed by atoms with Gasteiger partial charge in [-0.2, -0.15) is 0 Å². The van der Waals surface area contributed by atoms with Crippen LogP contribution < -0.4 is 15.5 Å². The summed E-state index contributed by atoms with van der Waals surface area (Å²) >= 11 is 2.89. The van der Waals surface area contributed by atoms with E-state index >= 15 is 0 Å². The van der Waals surface area contributed by atoms with E-state index in [1.54, 1.807) is 18.0 Å². The molecule has 1 aromatic carbocycles. The highest BCUT2D eigenvalue weighted by Gasteiger charge is 2.48. The van der Waals surface area contributed by atoms with Gasteiger partial charge in [-0.15, -0.1) is 23.5 Å². The van der Waals surface area contributed by atoms with E-state index in [2.05, 4.69) is 51.6 Å². The number of hydrogen-bond donors (Lipinski definition) is 5. The maximum Gasteiger partial charge on any atom is 0.237 e. The Kier molecular flexibility index (Phi) is 11.3. The number of nitrogens with one attached hydrogen (secondary N) is 2. The molecule has 3 saturated heterocycles. The Bertz CT molecular complexity index is 920. The molecule has 9 nitrogen and oxygen atoms in total. The largest absolute Gasteiger partial charge is 0.388 e. The van der Waals surface area contributed by atoms with Crippen molar-refractivity contribution in [1.29, 1.82) is 0 Å². The number of piperazine rings is 1. The molecule has 0 bridgehead atoms. The summed E-state index contributed by atoms with van der Waals surface area (Å²) in [5, 5.41) is 38.5. The van der Waals surface area contributed by atoms with Crippen LogP contribution in [0.3, 0.4) is 0 Å². The van der Waals surface area contributed by atoms with E-state index in [1.165, 1.54) is 17.4 Å². The third kappa shape index (κ3) is 7.43. The van der Waals surface area contributed by atoms with E-state index in [9.17, 15) is 20.1 Å². The molecule has 3 heterocycles. The first-order valence-corrected chi connectivity index (χ1v) is 16.4. The van der Waals surface area contributed by atoms with E-state index < -0.39 is 35.9 Å². The van der Waals surface area contributed by atoms with Gasteiger partial charge in [0.05, 0.1) is 12.1 Å². The first-order chi connectivity index (χ1) is 18.7. The van der Waals surface area contributed by atoms with Gasteiger partial charge < -0.3 is 35.6 Å². The Hall–Kier alpha value is -1.05.